The molecule has 0 heterocycles. The minimum Gasteiger partial charge on any atom is -0.508 e. The molecule has 0 atom stereocenters. The second-order valence-electron chi connectivity index (χ2n) is 3.94. The number of allylic oxidation sites excluding steroid dienone is 2. The summed E-state index contributed by atoms with van der Waals surface area (Å²) >= 11 is 1.04. The van der Waals surface area contributed by atoms with Crippen molar-refractivity contribution in [2.75, 3.05) is 6.26 Å². The molecule has 1 aromatic carbocycles. The van der Waals surface area contributed by atoms with E-state index in [0.717, 1.165) is 17.3 Å². The summed E-state index contributed by atoms with van der Waals surface area (Å²) in [4.78, 5) is 11.5. The first-order valence-electron chi connectivity index (χ1n) is 5.22. The molecule has 1 aromatic rings. The van der Waals surface area contributed by atoms with Crippen molar-refractivity contribution in [3.8, 4) is 11.5 Å². The van der Waals surface area contributed by atoms with Crippen molar-refractivity contribution in [1.82, 2.24) is 0 Å². The molecule has 1 rings (SSSR count). The van der Waals surface area contributed by atoms with E-state index < -0.39 is 0 Å². The highest BCUT2D eigenvalue weighted by molar-refractivity contribution is 8.13. The molecule has 3 nitrogen and oxygen atoms in total. The quantitative estimate of drug-likeness (QED) is 0.811. The molecular weight excluding hydrogens is 236 g/mol. The number of hydrogen-bond acceptors (Lipinski definition) is 4. The molecule has 0 unspecified atom stereocenters. The van der Waals surface area contributed by atoms with E-state index in [0.29, 0.717) is 12.0 Å². The van der Waals surface area contributed by atoms with Gasteiger partial charge in [0.15, 0.2) is 0 Å². The number of phenols is 2. The lowest BCUT2D eigenvalue weighted by atomic mass is 10.0. The topological polar surface area (TPSA) is 57.5 Å². The predicted molar refractivity (Wildman–Crippen MR) is 70.8 cm³/mol. The molecular formula is C13H16O3S. The van der Waals surface area contributed by atoms with Crippen LogP contribution in [0.1, 0.15) is 29.8 Å². The molecule has 4 heteroatoms. The van der Waals surface area contributed by atoms with Gasteiger partial charge in [0.05, 0.1) is 5.56 Å². The number of thioether (sulfide) groups is 1. The van der Waals surface area contributed by atoms with Gasteiger partial charge in [-0.15, -0.1) is 0 Å². The van der Waals surface area contributed by atoms with E-state index in [-0.39, 0.29) is 22.2 Å². The maximum atomic E-state index is 11.5. The Morgan fingerprint density at radius 2 is 2.00 bits per heavy atom. The van der Waals surface area contributed by atoms with Crippen LogP contribution in [0.4, 0.5) is 0 Å². The van der Waals surface area contributed by atoms with Crippen LogP contribution in [0.2, 0.25) is 0 Å². The Bertz CT molecular complexity index is 460. The molecule has 0 spiro atoms. The molecule has 0 aliphatic heterocycles. The zero-order valence-electron chi connectivity index (χ0n) is 10.2. The highest BCUT2D eigenvalue weighted by Crippen LogP contribution is 2.33. The molecule has 0 saturated carbocycles. The van der Waals surface area contributed by atoms with E-state index in [4.69, 9.17) is 0 Å². The number of benzene rings is 1. The van der Waals surface area contributed by atoms with Crippen molar-refractivity contribution in [1.29, 1.82) is 0 Å². The van der Waals surface area contributed by atoms with Gasteiger partial charge in [0.25, 0.3) is 0 Å². The third kappa shape index (κ3) is 3.27. The number of aromatic hydroxyl groups is 2. The van der Waals surface area contributed by atoms with Gasteiger partial charge in [0.1, 0.15) is 11.5 Å². The maximum absolute atomic E-state index is 11.5. The van der Waals surface area contributed by atoms with E-state index in [1.807, 2.05) is 19.9 Å². The Kier molecular flexibility index (Phi) is 4.63. The first kappa shape index (κ1) is 13.6. The van der Waals surface area contributed by atoms with Gasteiger partial charge in [0, 0.05) is 5.56 Å². The fourth-order valence-electron chi connectivity index (χ4n) is 1.41. The van der Waals surface area contributed by atoms with Crippen molar-refractivity contribution in [3.05, 3.63) is 34.9 Å². The largest absolute Gasteiger partial charge is 0.508 e. The number of hydrogen-bond donors (Lipinski definition) is 2. The van der Waals surface area contributed by atoms with E-state index in [9.17, 15) is 15.0 Å². The molecule has 0 amide bonds. The van der Waals surface area contributed by atoms with Gasteiger partial charge in [-0.25, -0.2) is 0 Å². The molecule has 2 N–H and O–H groups in total. The van der Waals surface area contributed by atoms with Crippen molar-refractivity contribution in [3.63, 3.8) is 0 Å². The Balaban J connectivity index is 3.20. The number of carbonyl (C=O) groups is 1. The summed E-state index contributed by atoms with van der Waals surface area (Å²) in [6, 6.07) is 2.88. The Morgan fingerprint density at radius 1 is 1.35 bits per heavy atom. The number of phenolic OH excluding ortho intramolecular Hbond substituents is 2. The van der Waals surface area contributed by atoms with E-state index in [1.165, 1.54) is 12.1 Å². The zero-order valence-corrected chi connectivity index (χ0v) is 11.0. The van der Waals surface area contributed by atoms with Gasteiger partial charge in [-0.05, 0) is 38.7 Å². The Labute approximate surface area is 105 Å². The van der Waals surface area contributed by atoms with Crippen LogP contribution in [-0.2, 0) is 6.42 Å². The molecule has 17 heavy (non-hydrogen) atoms. The second kappa shape index (κ2) is 5.77. The van der Waals surface area contributed by atoms with Gasteiger partial charge in [-0.1, -0.05) is 23.4 Å². The van der Waals surface area contributed by atoms with Gasteiger partial charge in [-0.3, -0.25) is 4.79 Å². The lowest BCUT2D eigenvalue weighted by Crippen LogP contribution is -1.96. The van der Waals surface area contributed by atoms with Crippen LogP contribution >= 0.6 is 11.8 Å². The first-order valence-corrected chi connectivity index (χ1v) is 6.45. The summed E-state index contributed by atoms with van der Waals surface area (Å²) in [5.41, 5.74) is 1.73. The molecule has 0 radical (unpaired) electrons. The standard InChI is InChI=1S/C13H16O3S/c1-8(2)4-5-9-11(14)7-6-10(12(9)15)13(16)17-3/h4,6-7,14-15H,5H2,1-3H3. The van der Waals surface area contributed by atoms with E-state index >= 15 is 0 Å². The summed E-state index contributed by atoms with van der Waals surface area (Å²) < 4.78 is 0. The van der Waals surface area contributed by atoms with E-state index in [1.54, 1.807) is 6.26 Å². The molecule has 92 valence electrons. The van der Waals surface area contributed by atoms with Gasteiger partial charge < -0.3 is 10.2 Å². The van der Waals surface area contributed by atoms with Crippen LogP contribution in [0.25, 0.3) is 0 Å². The lowest BCUT2D eigenvalue weighted by molar-refractivity contribution is 0.108. The summed E-state index contributed by atoms with van der Waals surface area (Å²) in [6.45, 7) is 3.87. The fraction of sp³-hybridized carbons (Fsp3) is 0.308. The van der Waals surface area contributed by atoms with Gasteiger partial charge >= 0.3 is 0 Å². The predicted octanol–water partition coefficient (Wildman–Crippen LogP) is 3.11. The average molecular weight is 252 g/mol. The van der Waals surface area contributed by atoms with E-state index in [2.05, 4.69) is 0 Å². The van der Waals surface area contributed by atoms with Crippen LogP contribution in [0, 0.1) is 0 Å². The Hall–Kier alpha value is -1.42. The summed E-state index contributed by atoms with van der Waals surface area (Å²) in [5, 5.41) is 19.4. The third-order valence-corrected chi connectivity index (χ3v) is 2.97. The lowest BCUT2D eigenvalue weighted by Gasteiger charge is -2.09. The van der Waals surface area contributed by atoms with Gasteiger partial charge in [-0.2, -0.15) is 0 Å². The molecule has 0 aliphatic carbocycles. The molecule has 0 saturated heterocycles. The van der Waals surface area contributed by atoms with Crippen molar-refractivity contribution in [2.24, 2.45) is 0 Å². The monoisotopic (exact) mass is 252 g/mol. The number of rotatable bonds is 3. The molecule has 0 aromatic heterocycles. The van der Waals surface area contributed by atoms with Crippen LogP contribution in [0.5, 0.6) is 11.5 Å². The van der Waals surface area contributed by atoms with Crippen LogP contribution < -0.4 is 0 Å². The molecule has 0 fully saturated rings. The average Bonchev–Trinajstić information content (AvgIpc) is 2.27. The summed E-state index contributed by atoms with van der Waals surface area (Å²) in [6.07, 6.45) is 3.96. The molecule has 0 bridgehead atoms. The number of carbonyl (C=O) groups excluding carboxylic acids is 1. The zero-order chi connectivity index (χ0) is 13.0. The van der Waals surface area contributed by atoms with Crippen molar-refractivity contribution >= 4 is 16.9 Å². The van der Waals surface area contributed by atoms with Crippen LogP contribution in [0.15, 0.2) is 23.8 Å². The van der Waals surface area contributed by atoms with Crippen LogP contribution in [0.3, 0.4) is 0 Å². The summed E-state index contributed by atoms with van der Waals surface area (Å²) in [5.74, 6) is -0.112. The highest BCUT2D eigenvalue weighted by atomic mass is 32.2. The maximum Gasteiger partial charge on any atom is 0.222 e. The Morgan fingerprint density at radius 3 is 2.53 bits per heavy atom. The van der Waals surface area contributed by atoms with Gasteiger partial charge in [0.2, 0.25) is 5.12 Å². The third-order valence-electron chi connectivity index (χ3n) is 2.38. The van der Waals surface area contributed by atoms with Crippen molar-refractivity contribution < 1.29 is 15.0 Å². The summed E-state index contributed by atoms with van der Waals surface area (Å²) in [7, 11) is 0. The smallest absolute Gasteiger partial charge is 0.222 e. The highest BCUT2D eigenvalue weighted by Gasteiger charge is 2.16. The van der Waals surface area contributed by atoms with Crippen molar-refractivity contribution in [2.45, 2.75) is 20.3 Å². The normalized spacial score (nSPS) is 10.1. The molecule has 0 aliphatic rings. The van der Waals surface area contributed by atoms with Crippen LogP contribution in [-0.4, -0.2) is 21.6 Å². The first-order chi connectivity index (χ1) is 7.97. The minimum absolute atomic E-state index is 0.0117. The fourth-order valence-corrected chi connectivity index (χ4v) is 1.79. The SMILES string of the molecule is CSC(=O)c1ccc(O)c(CC=C(C)C)c1O. The second-order valence-corrected chi connectivity index (χ2v) is 4.72. The minimum atomic E-state index is -0.207.